The first-order valence-corrected chi connectivity index (χ1v) is 5.17. The van der Waals surface area contributed by atoms with Crippen molar-refractivity contribution in [3.8, 4) is 5.88 Å². The van der Waals surface area contributed by atoms with Crippen molar-refractivity contribution in [3.63, 3.8) is 0 Å². The number of ether oxygens (including phenoxy) is 1. The maximum Gasteiger partial charge on any atom is 0.242 e. The molecule has 0 saturated heterocycles. The summed E-state index contributed by atoms with van der Waals surface area (Å²) in [4.78, 5) is 8.27. The van der Waals surface area contributed by atoms with E-state index in [1.807, 2.05) is 0 Å². The van der Waals surface area contributed by atoms with Crippen molar-refractivity contribution in [2.45, 2.75) is 12.8 Å². The first kappa shape index (κ1) is 9.34. The molecule has 0 aliphatic heterocycles. The Morgan fingerprint density at radius 3 is 3.12 bits per heavy atom. The predicted octanol–water partition coefficient (Wildman–Crippen LogP) is 0.427. The highest BCUT2D eigenvalue weighted by atomic mass is 16.5. The van der Waals surface area contributed by atoms with E-state index in [0.29, 0.717) is 30.0 Å². The van der Waals surface area contributed by atoms with Gasteiger partial charge in [-0.25, -0.2) is 5.84 Å². The number of nitrogens with one attached hydrogen (secondary N) is 2. The van der Waals surface area contributed by atoms with Gasteiger partial charge in [0, 0.05) is 0 Å². The minimum atomic E-state index is 0.322. The van der Waals surface area contributed by atoms with Crippen molar-refractivity contribution in [2.75, 3.05) is 12.0 Å². The lowest BCUT2D eigenvalue weighted by Gasteiger charge is -2.06. The molecule has 0 atom stereocenters. The number of nitrogens with two attached hydrogens (primary N) is 1. The number of fused-ring (bicyclic) bond motifs is 1. The quantitative estimate of drug-likeness (QED) is 0.510. The van der Waals surface area contributed by atoms with Crippen LogP contribution in [-0.4, -0.2) is 26.8 Å². The van der Waals surface area contributed by atoms with Crippen LogP contribution < -0.4 is 16.0 Å². The molecule has 0 aromatic carbocycles. The standard InChI is InChI=1S/C9H12N6O/c10-14-9-12-7-6(3-11-15-7)8(13-9)16-4-5-1-2-5/h3,5H,1-2,4,10H2,(H2,11,12,13,14,15). The van der Waals surface area contributed by atoms with Gasteiger partial charge in [0.2, 0.25) is 11.8 Å². The van der Waals surface area contributed by atoms with E-state index in [4.69, 9.17) is 10.6 Å². The molecule has 0 bridgehead atoms. The molecule has 16 heavy (non-hydrogen) atoms. The normalized spacial score (nSPS) is 15.3. The second-order valence-electron chi connectivity index (χ2n) is 3.88. The van der Waals surface area contributed by atoms with Gasteiger partial charge in [-0.1, -0.05) is 0 Å². The fourth-order valence-corrected chi connectivity index (χ4v) is 1.46. The number of aromatic nitrogens is 4. The number of hydrogen-bond donors (Lipinski definition) is 3. The first-order valence-electron chi connectivity index (χ1n) is 5.17. The number of nitrogens with zero attached hydrogens (tertiary/aromatic N) is 3. The molecule has 1 aliphatic rings. The van der Waals surface area contributed by atoms with E-state index >= 15 is 0 Å². The maximum absolute atomic E-state index is 5.64. The van der Waals surface area contributed by atoms with Crippen molar-refractivity contribution in [1.29, 1.82) is 0 Å². The molecule has 1 saturated carbocycles. The zero-order valence-electron chi connectivity index (χ0n) is 8.60. The van der Waals surface area contributed by atoms with E-state index in [2.05, 4.69) is 25.6 Å². The first-order chi connectivity index (χ1) is 7.86. The summed E-state index contributed by atoms with van der Waals surface area (Å²) in [5, 5.41) is 7.44. The maximum atomic E-state index is 5.64. The molecule has 2 aromatic rings. The monoisotopic (exact) mass is 220 g/mol. The van der Waals surface area contributed by atoms with Crippen molar-refractivity contribution in [3.05, 3.63) is 6.20 Å². The summed E-state index contributed by atoms with van der Waals surface area (Å²) in [6.45, 7) is 0.696. The third-order valence-corrected chi connectivity index (χ3v) is 2.56. The topological polar surface area (TPSA) is 102 Å². The summed E-state index contributed by atoms with van der Waals surface area (Å²) in [6.07, 6.45) is 4.13. The van der Waals surface area contributed by atoms with Crippen LogP contribution in [0.4, 0.5) is 5.95 Å². The second-order valence-corrected chi connectivity index (χ2v) is 3.88. The van der Waals surface area contributed by atoms with Crippen LogP contribution in [0, 0.1) is 5.92 Å². The lowest BCUT2D eigenvalue weighted by Crippen LogP contribution is -2.11. The fourth-order valence-electron chi connectivity index (χ4n) is 1.46. The van der Waals surface area contributed by atoms with E-state index in [0.717, 1.165) is 5.39 Å². The number of H-pyrrole nitrogens is 1. The van der Waals surface area contributed by atoms with Crippen LogP contribution >= 0.6 is 0 Å². The fraction of sp³-hybridized carbons (Fsp3) is 0.444. The van der Waals surface area contributed by atoms with Gasteiger partial charge >= 0.3 is 0 Å². The lowest BCUT2D eigenvalue weighted by atomic mass is 10.4. The molecule has 0 unspecified atom stereocenters. The number of rotatable bonds is 4. The van der Waals surface area contributed by atoms with Crippen LogP contribution in [0.15, 0.2) is 6.20 Å². The SMILES string of the molecule is NNc1nc(OCC2CC2)c2cn[nH]c2n1. The highest BCUT2D eigenvalue weighted by Gasteiger charge is 2.23. The Balaban J connectivity index is 1.94. The van der Waals surface area contributed by atoms with Crippen LogP contribution in [0.2, 0.25) is 0 Å². The van der Waals surface area contributed by atoms with Gasteiger partial charge in [-0.15, -0.1) is 0 Å². The van der Waals surface area contributed by atoms with Crippen LogP contribution in [0.1, 0.15) is 12.8 Å². The second kappa shape index (κ2) is 3.60. The minimum Gasteiger partial charge on any atom is -0.477 e. The number of anilines is 1. The molecule has 0 spiro atoms. The summed E-state index contributed by atoms with van der Waals surface area (Å²) in [5.41, 5.74) is 3.02. The summed E-state index contributed by atoms with van der Waals surface area (Å²) in [5.74, 6) is 6.80. The van der Waals surface area contributed by atoms with Gasteiger partial charge in [0.15, 0.2) is 5.65 Å². The third-order valence-electron chi connectivity index (χ3n) is 2.56. The Morgan fingerprint density at radius 1 is 1.50 bits per heavy atom. The van der Waals surface area contributed by atoms with Gasteiger partial charge in [0.1, 0.15) is 5.39 Å². The molecule has 84 valence electrons. The highest BCUT2D eigenvalue weighted by Crippen LogP contribution is 2.30. The molecule has 3 rings (SSSR count). The molecular formula is C9H12N6O. The summed E-state index contributed by atoms with van der Waals surface area (Å²) in [7, 11) is 0. The Bertz CT molecular complexity index is 506. The molecule has 4 N–H and O–H groups in total. The van der Waals surface area contributed by atoms with Crippen molar-refractivity contribution < 1.29 is 4.74 Å². The molecule has 0 radical (unpaired) electrons. The van der Waals surface area contributed by atoms with Crippen LogP contribution in [0.3, 0.4) is 0 Å². The van der Waals surface area contributed by atoms with Gasteiger partial charge in [0.25, 0.3) is 0 Å². The number of aromatic amines is 1. The molecule has 7 nitrogen and oxygen atoms in total. The van der Waals surface area contributed by atoms with Crippen LogP contribution in [-0.2, 0) is 0 Å². The van der Waals surface area contributed by atoms with E-state index < -0.39 is 0 Å². The smallest absolute Gasteiger partial charge is 0.242 e. The van der Waals surface area contributed by atoms with E-state index in [9.17, 15) is 0 Å². The van der Waals surface area contributed by atoms with Gasteiger partial charge in [0.05, 0.1) is 12.8 Å². The summed E-state index contributed by atoms with van der Waals surface area (Å²) >= 11 is 0. The Kier molecular flexibility index (Phi) is 2.10. The molecular weight excluding hydrogens is 208 g/mol. The van der Waals surface area contributed by atoms with Crippen LogP contribution in [0.5, 0.6) is 5.88 Å². The Labute approximate surface area is 91.4 Å². The highest BCUT2D eigenvalue weighted by molar-refractivity contribution is 5.80. The third kappa shape index (κ3) is 1.65. The Morgan fingerprint density at radius 2 is 2.38 bits per heavy atom. The molecule has 1 fully saturated rings. The molecule has 0 amide bonds. The zero-order valence-corrected chi connectivity index (χ0v) is 8.60. The number of nitrogen functional groups attached to an aromatic ring is 1. The van der Waals surface area contributed by atoms with E-state index in [1.54, 1.807) is 6.20 Å². The lowest BCUT2D eigenvalue weighted by molar-refractivity contribution is 0.292. The van der Waals surface area contributed by atoms with Gasteiger partial charge in [-0.2, -0.15) is 15.1 Å². The van der Waals surface area contributed by atoms with Gasteiger partial charge < -0.3 is 4.74 Å². The number of hydrazine groups is 1. The molecule has 1 aliphatic carbocycles. The average Bonchev–Trinajstić information content (AvgIpc) is 3.02. The zero-order chi connectivity index (χ0) is 11.0. The van der Waals surface area contributed by atoms with Crippen molar-refractivity contribution in [2.24, 2.45) is 11.8 Å². The van der Waals surface area contributed by atoms with Gasteiger partial charge in [-0.05, 0) is 18.8 Å². The Hall–Kier alpha value is -1.89. The summed E-state index contributed by atoms with van der Waals surface area (Å²) < 4.78 is 5.64. The average molecular weight is 220 g/mol. The largest absolute Gasteiger partial charge is 0.477 e. The molecule has 2 heterocycles. The van der Waals surface area contributed by atoms with E-state index in [1.165, 1.54) is 12.8 Å². The molecule has 7 heteroatoms. The number of hydrogen-bond acceptors (Lipinski definition) is 6. The van der Waals surface area contributed by atoms with Crippen molar-refractivity contribution in [1.82, 2.24) is 20.2 Å². The van der Waals surface area contributed by atoms with Crippen LogP contribution in [0.25, 0.3) is 11.0 Å². The molecule has 2 aromatic heterocycles. The predicted molar refractivity (Wildman–Crippen MR) is 57.7 cm³/mol. The van der Waals surface area contributed by atoms with Gasteiger partial charge in [-0.3, -0.25) is 10.5 Å². The van der Waals surface area contributed by atoms with E-state index in [-0.39, 0.29) is 0 Å². The minimum absolute atomic E-state index is 0.322. The van der Waals surface area contributed by atoms with Crippen molar-refractivity contribution >= 4 is 17.0 Å². The summed E-state index contributed by atoms with van der Waals surface area (Å²) in [6, 6.07) is 0.